The van der Waals surface area contributed by atoms with E-state index in [0.29, 0.717) is 6.61 Å². The molecule has 0 aliphatic carbocycles. The quantitative estimate of drug-likeness (QED) is 0.550. The van der Waals surface area contributed by atoms with Crippen LogP contribution in [0.15, 0.2) is 61.2 Å². The molecular formula is C15H13OPb. The summed E-state index contributed by atoms with van der Waals surface area (Å²) in [5, 5.41) is 0. The standard InChI is InChI=1S/C15H13O.Pb/c1-2-12-16-15-10-8-14(9-11-15)13-6-4-3-5-7-13;/h2-6,8-11H,1,12H2;. The van der Waals surface area contributed by atoms with Crippen LogP contribution in [0.2, 0.25) is 0 Å². The van der Waals surface area contributed by atoms with Crippen molar-refractivity contribution < 1.29 is 4.74 Å². The molecule has 17 heavy (non-hydrogen) atoms. The van der Waals surface area contributed by atoms with Gasteiger partial charge in [-0.05, 0) is 0 Å². The number of hydrogen-bond donors (Lipinski definition) is 0. The average Bonchev–Trinajstić information content (AvgIpc) is 2.38. The number of ether oxygens (including phenoxy) is 1. The molecule has 0 bridgehead atoms. The molecule has 2 aromatic rings. The van der Waals surface area contributed by atoms with E-state index in [1.807, 2.05) is 12.1 Å². The van der Waals surface area contributed by atoms with Crippen molar-refractivity contribution in [1.29, 1.82) is 0 Å². The monoisotopic (exact) mass is 417 g/mol. The van der Waals surface area contributed by atoms with Gasteiger partial charge in [0.25, 0.3) is 0 Å². The topological polar surface area (TPSA) is 9.23 Å². The summed E-state index contributed by atoms with van der Waals surface area (Å²) in [6, 6.07) is 16.8. The molecule has 83 valence electrons. The van der Waals surface area contributed by atoms with Crippen LogP contribution >= 0.6 is 0 Å². The Kier molecular flexibility index (Phi) is 4.37. The van der Waals surface area contributed by atoms with Gasteiger partial charge in [-0.3, -0.25) is 0 Å². The molecule has 1 nitrogen and oxygen atoms in total. The van der Waals surface area contributed by atoms with Crippen molar-refractivity contribution in [3.05, 3.63) is 61.2 Å². The Morgan fingerprint density at radius 1 is 1.06 bits per heavy atom. The Balaban J connectivity index is 2.23. The zero-order valence-corrected chi connectivity index (χ0v) is 13.4. The van der Waals surface area contributed by atoms with Gasteiger partial charge in [-0.25, -0.2) is 0 Å². The molecule has 0 aromatic heterocycles. The maximum atomic E-state index is 5.47. The van der Waals surface area contributed by atoms with Crippen LogP contribution in [0, 0.1) is 0 Å². The summed E-state index contributed by atoms with van der Waals surface area (Å²) < 4.78 is 6.89. The molecular weight excluding hydrogens is 403 g/mol. The van der Waals surface area contributed by atoms with Crippen LogP contribution in [0.5, 0.6) is 5.75 Å². The Bertz CT molecular complexity index is 503. The second kappa shape index (κ2) is 6.00. The van der Waals surface area contributed by atoms with Crippen molar-refractivity contribution in [3.63, 3.8) is 0 Å². The molecule has 2 heteroatoms. The van der Waals surface area contributed by atoms with Gasteiger partial charge in [0.1, 0.15) is 0 Å². The van der Waals surface area contributed by atoms with E-state index >= 15 is 0 Å². The fraction of sp³-hybridized carbons (Fsp3) is 0.0667. The van der Waals surface area contributed by atoms with Gasteiger partial charge in [0, 0.05) is 0 Å². The van der Waals surface area contributed by atoms with Crippen molar-refractivity contribution in [2.24, 2.45) is 0 Å². The van der Waals surface area contributed by atoms with E-state index in [9.17, 15) is 0 Å². The maximum absolute atomic E-state index is 5.47. The number of rotatable bonds is 4. The molecule has 0 heterocycles. The Morgan fingerprint density at radius 2 is 1.76 bits per heavy atom. The molecule has 0 N–H and O–H groups in total. The van der Waals surface area contributed by atoms with Gasteiger partial charge >= 0.3 is 118 Å². The summed E-state index contributed by atoms with van der Waals surface area (Å²) in [4.78, 5) is 0. The molecule has 2 aromatic carbocycles. The molecule has 0 fully saturated rings. The van der Waals surface area contributed by atoms with Crippen LogP contribution in [0.3, 0.4) is 0 Å². The van der Waals surface area contributed by atoms with Gasteiger partial charge in [-0.2, -0.15) is 0 Å². The first-order valence-electron chi connectivity index (χ1n) is 5.46. The van der Waals surface area contributed by atoms with Gasteiger partial charge in [0.15, 0.2) is 0 Å². The molecule has 0 aliphatic heterocycles. The SMILES string of the molecule is C=CCOc1ccc(-c2cccc[c]2[Pb])cc1. The summed E-state index contributed by atoms with van der Waals surface area (Å²) >= 11 is 1.07. The molecule has 0 spiro atoms. The van der Waals surface area contributed by atoms with Gasteiger partial charge < -0.3 is 0 Å². The molecule has 3 radical (unpaired) electrons. The zero-order valence-electron chi connectivity index (χ0n) is 9.52. The minimum absolute atomic E-state index is 0.552. The van der Waals surface area contributed by atoms with Crippen molar-refractivity contribution in [2.75, 3.05) is 6.61 Å². The average molecular weight is 416 g/mol. The van der Waals surface area contributed by atoms with Crippen LogP contribution in [-0.4, -0.2) is 32.4 Å². The van der Waals surface area contributed by atoms with Crippen LogP contribution < -0.4 is 7.86 Å². The molecule has 2 rings (SSSR count). The molecule has 0 aliphatic rings. The second-order valence-corrected chi connectivity index (χ2v) is 5.76. The number of benzene rings is 2. The summed E-state index contributed by atoms with van der Waals surface area (Å²) in [7, 11) is 0. The van der Waals surface area contributed by atoms with Gasteiger partial charge in [-0.1, -0.05) is 0 Å². The summed E-state index contributed by atoms with van der Waals surface area (Å²) in [5.41, 5.74) is 2.58. The molecule has 0 saturated carbocycles. The Hall–Kier alpha value is -1.10. The molecule has 0 saturated heterocycles. The van der Waals surface area contributed by atoms with Crippen LogP contribution in [0.1, 0.15) is 0 Å². The van der Waals surface area contributed by atoms with Crippen molar-refractivity contribution >= 4 is 28.9 Å². The van der Waals surface area contributed by atoms with Crippen molar-refractivity contribution in [3.8, 4) is 16.9 Å². The first kappa shape index (κ1) is 12.4. The van der Waals surface area contributed by atoms with Gasteiger partial charge in [0.05, 0.1) is 0 Å². The normalized spacial score (nSPS) is 9.94. The van der Waals surface area contributed by atoms with E-state index in [1.54, 1.807) is 6.08 Å². The van der Waals surface area contributed by atoms with E-state index in [0.717, 1.165) is 31.5 Å². The van der Waals surface area contributed by atoms with Gasteiger partial charge in [0.2, 0.25) is 0 Å². The van der Waals surface area contributed by atoms with E-state index in [2.05, 4.69) is 43.0 Å². The van der Waals surface area contributed by atoms with Crippen LogP contribution in [-0.2, 0) is 0 Å². The minimum atomic E-state index is 0.552. The van der Waals surface area contributed by atoms with E-state index in [1.165, 1.54) is 14.2 Å². The van der Waals surface area contributed by atoms with E-state index in [4.69, 9.17) is 4.74 Å². The van der Waals surface area contributed by atoms with Crippen molar-refractivity contribution in [1.82, 2.24) is 0 Å². The fourth-order valence-electron chi connectivity index (χ4n) is 1.62. The summed E-state index contributed by atoms with van der Waals surface area (Å²) in [6.07, 6.45) is 1.75. The molecule has 0 atom stereocenters. The summed E-state index contributed by atoms with van der Waals surface area (Å²) in [5.74, 6) is 0.888. The first-order valence-corrected chi connectivity index (χ1v) is 7.40. The predicted molar refractivity (Wildman–Crippen MR) is 73.0 cm³/mol. The third-order valence-corrected chi connectivity index (χ3v) is 4.16. The third-order valence-electron chi connectivity index (χ3n) is 2.46. The predicted octanol–water partition coefficient (Wildman–Crippen LogP) is 2.71. The Morgan fingerprint density at radius 3 is 2.41 bits per heavy atom. The Labute approximate surface area is 118 Å². The van der Waals surface area contributed by atoms with Crippen molar-refractivity contribution in [2.45, 2.75) is 0 Å². The van der Waals surface area contributed by atoms with Crippen LogP contribution in [0.25, 0.3) is 11.1 Å². The zero-order chi connectivity index (χ0) is 12.1. The molecule has 0 amide bonds. The third kappa shape index (κ3) is 3.19. The first-order chi connectivity index (χ1) is 8.31. The van der Waals surface area contributed by atoms with Crippen LogP contribution in [0.4, 0.5) is 0 Å². The fourth-order valence-corrected chi connectivity index (χ4v) is 2.88. The molecule has 0 unspecified atom stereocenters. The summed E-state index contributed by atoms with van der Waals surface area (Å²) in [6.45, 7) is 4.18. The van der Waals surface area contributed by atoms with E-state index in [-0.39, 0.29) is 0 Å². The van der Waals surface area contributed by atoms with Gasteiger partial charge in [-0.15, -0.1) is 0 Å². The van der Waals surface area contributed by atoms with E-state index < -0.39 is 0 Å². The second-order valence-electron chi connectivity index (χ2n) is 3.67. The number of hydrogen-bond acceptors (Lipinski definition) is 1.